The summed E-state index contributed by atoms with van der Waals surface area (Å²) in [6.45, 7) is 10.2. The van der Waals surface area contributed by atoms with Crippen molar-refractivity contribution >= 4 is 27.3 Å². The lowest BCUT2D eigenvalue weighted by atomic mass is 10.1. The minimum atomic E-state index is -5.17. The molecule has 36 heavy (non-hydrogen) atoms. The fraction of sp³-hybridized carbons (Fsp3) is 0.636. The summed E-state index contributed by atoms with van der Waals surface area (Å²) in [5.74, 6) is -2.54. The average molecular weight is 553 g/mol. The van der Waals surface area contributed by atoms with E-state index in [-0.39, 0.29) is 18.8 Å². The average Bonchev–Trinajstić information content (AvgIpc) is 2.76. The van der Waals surface area contributed by atoms with Gasteiger partial charge in [0.2, 0.25) is 6.10 Å². The van der Waals surface area contributed by atoms with Gasteiger partial charge in [-0.3, -0.25) is 18.1 Å². The molecule has 0 spiro atoms. The maximum Gasteiger partial charge on any atom is 0.406 e. The third-order valence-corrected chi connectivity index (χ3v) is 8.68. The lowest BCUT2D eigenvalue weighted by Crippen LogP contribution is -2.47. The highest BCUT2D eigenvalue weighted by molar-refractivity contribution is 7.57. The summed E-state index contributed by atoms with van der Waals surface area (Å²) in [7, 11) is -9.36. The summed E-state index contributed by atoms with van der Waals surface area (Å²) in [5, 5.41) is 10.8. The largest absolute Gasteiger partial charge is 0.461 e. The Morgan fingerprint density at radius 3 is 1.86 bits per heavy atom. The van der Waals surface area contributed by atoms with Gasteiger partial charge in [0.1, 0.15) is 0 Å². The van der Waals surface area contributed by atoms with Gasteiger partial charge in [-0.15, -0.1) is 0 Å². The van der Waals surface area contributed by atoms with Gasteiger partial charge >= 0.3 is 27.3 Å². The Morgan fingerprint density at radius 1 is 0.944 bits per heavy atom. The van der Waals surface area contributed by atoms with Gasteiger partial charge in [-0.1, -0.05) is 30.3 Å². The van der Waals surface area contributed by atoms with Crippen molar-refractivity contribution in [1.82, 2.24) is 5.09 Å². The van der Waals surface area contributed by atoms with E-state index in [1.54, 1.807) is 32.0 Å². The summed E-state index contributed by atoms with van der Waals surface area (Å²) >= 11 is 0. The van der Waals surface area contributed by atoms with Gasteiger partial charge in [-0.05, 0) is 54.0 Å². The number of aliphatic hydroxyl groups is 1. The molecule has 206 valence electrons. The van der Waals surface area contributed by atoms with E-state index in [1.165, 1.54) is 46.8 Å². The number of nitrogens with one attached hydrogen (secondary N) is 1. The van der Waals surface area contributed by atoms with Gasteiger partial charge in [0.15, 0.2) is 11.4 Å². The van der Waals surface area contributed by atoms with Crippen LogP contribution in [-0.4, -0.2) is 59.6 Å². The van der Waals surface area contributed by atoms with Crippen LogP contribution in [0.3, 0.4) is 0 Å². The molecule has 0 fully saturated rings. The topological polar surface area (TPSA) is 167 Å². The number of esters is 2. The molecule has 1 aromatic carbocycles. The summed E-state index contributed by atoms with van der Waals surface area (Å²) in [4.78, 5) is 36.3. The second-order valence-corrected chi connectivity index (χ2v) is 12.2. The van der Waals surface area contributed by atoms with Crippen LogP contribution in [0.25, 0.3) is 0 Å². The Morgan fingerprint density at radius 2 is 1.42 bits per heavy atom. The standard InChI is InChI=1S/C22H37NO11P2/c1-8-30-36(29,31-9-2)23-22(7,17-13-11-10-12-14-17)35(27,28)34-19(21(26)33-16(5)6)18(24)20(25)32-15(3)4/h10-16,18-19,24H,8-9H2,1-7H3,(H,23,29)(H,27,28)/t18-,19-,22+/m1/s1. The fourth-order valence-electron chi connectivity index (χ4n) is 2.98. The van der Waals surface area contributed by atoms with Crippen LogP contribution in [0.4, 0.5) is 0 Å². The van der Waals surface area contributed by atoms with Crippen LogP contribution in [0.1, 0.15) is 54.0 Å². The van der Waals surface area contributed by atoms with Gasteiger partial charge in [0.25, 0.3) is 0 Å². The van der Waals surface area contributed by atoms with Crippen LogP contribution >= 0.6 is 15.3 Å². The zero-order valence-electron chi connectivity index (χ0n) is 21.6. The molecule has 0 aliphatic rings. The minimum absolute atomic E-state index is 0.0607. The highest BCUT2D eigenvalue weighted by atomic mass is 31.2. The van der Waals surface area contributed by atoms with E-state index in [0.29, 0.717) is 0 Å². The van der Waals surface area contributed by atoms with E-state index < -0.39 is 57.0 Å². The Kier molecular flexibility index (Phi) is 12.4. The van der Waals surface area contributed by atoms with Crippen LogP contribution < -0.4 is 5.09 Å². The van der Waals surface area contributed by atoms with E-state index in [2.05, 4.69) is 5.09 Å². The molecule has 0 aliphatic carbocycles. The number of benzene rings is 1. The van der Waals surface area contributed by atoms with Crippen LogP contribution in [0.2, 0.25) is 0 Å². The molecular weight excluding hydrogens is 516 g/mol. The number of carbonyl (C=O) groups excluding carboxylic acids is 2. The third kappa shape index (κ3) is 8.75. The third-order valence-electron chi connectivity index (χ3n) is 4.57. The number of carbonyl (C=O) groups is 2. The van der Waals surface area contributed by atoms with Crippen molar-refractivity contribution in [3.8, 4) is 0 Å². The van der Waals surface area contributed by atoms with E-state index in [4.69, 9.17) is 23.0 Å². The number of hydrogen-bond acceptors (Lipinski definition) is 10. The lowest BCUT2D eigenvalue weighted by Gasteiger charge is -2.38. The Bertz CT molecular complexity index is 947. The SMILES string of the molecule is CCOP(=O)(N[C@](C)(c1ccccc1)P(=O)(O)O[C@@H](C(=O)OC(C)C)[C@@H](O)C(=O)OC(C)C)OCC. The van der Waals surface area contributed by atoms with Crippen LogP contribution in [0, 0.1) is 0 Å². The number of rotatable bonds is 15. The van der Waals surface area contributed by atoms with E-state index in [0.717, 1.165) is 0 Å². The van der Waals surface area contributed by atoms with E-state index >= 15 is 0 Å². The highest BCUT2D eigenvalue weighted by Crippen LogP contribution is 2.64. The molecule has 14 heteroatoms. The maximum absolute atomic E-state index is 13.8. The van der Waals surface area contributed by atoms with Crippen molar-refractivity contribution in [2.75, 3.05) is 13.2 Å². The monoisotopic (exact) mass is 553 g/mol. The Balaban J connectivity index is 3.59. The van der Waals surface area contributed by atoms with Gasteiger partial charge in [-0.25, -0.2) is 19.2 Å². The Hall–Kier alpha value is -1.62. The maximum atomic E-state index is 13.8. The van der Waals surface area contributed by atoms with Crippen LogP contribution in [0.5, 0.6) is 0 Å². The molecule has 0 amide bonds. The lowest BCUT2D eigenvalue weighted by molar-refractivity contribution is -0.175. The normalized spacial score (nSPS) is 17.2. The molecule has 4 atom stereocenters. The first-order chi connectivity index (χ1) is 16.6. The van der Waals surface area contributed by atoms with Gasteiger partial charge < -0.3 is 19.5 Å². The van der Waals surface area contributed by atoms with Crippen molar-refractivity contribution in [2.45, 2.75) is 78.2 Å². The molecule has 3 N–H and O–H groups in total. The van der Waals surface area contributed by atoms with Crippen molar-refractivity contribution < 1.29 is 51.8 Å². The molecule has 1 aromatic rings. The zero-order chi connectivity index (χ0) is 27.7. The first-order valence-corrected chi connectivity index (χ1v) is 14.6. The summed E-state index contributed by atoms with van der Waals surface area (Å²) in [5.41, 5.74) is 0.116. The minimum Gasteiger partial charge on any atom is -0.461 e. The van der Waals surface area contributed by atoms with Crippen LogP contribution in [-0.2, 0) is 47.0 Å². The van der Waals surface area contributed by atoms with Gasteiger partial charge in [0, 0.05) is 0 Å². The predicted octanol–water partition coefficient (Wildman–Crippen LogP) is 3.46. The molecule has 0 saturated heterocycles. The van der Waals surface area contributed by atoms with E-state index in [9.17, 15) is 28.7 Å². The van der Waals surface area contributed by atoms with Crippen molar-refractivity contribution in [1.29, 1.82) is 0 Å². The summed E-state index contributed by atoms with van der Waals surface area (Å²) < 4.78 is 52.9. The molecule has 0 heterocycles. The first kappa shape index (κ1) is 32.4. The smallest absolute Gasteiger partial charge is 0.406 e. The zero-order valence-corrected chi connectivity index (χ0v) is 23.4. The number of ether oxygens (including phenoxy) is 2. The molecule has 0 aromatic heterocycles. The molecule has 0 saturated carbocycles. The van der Waals surface area contributed by atoms with Gasteiger partial charge in [-0.2, -0.15) is 0 Å². The molecule has 1 rings (SSSR count). The van der Waals surface area contributed by atoms with Crippen LogP contribution in [0.15, 0.2) is 30.3 Å². The first-order valence-electron chi connectivity index (χ1n) is 11.5. The quantitative estimate of drug-likeness (QED) is 0.214. The Labute approximate surface area is 211 Å². The molecule has 1 unspecified atom stereocenters. The second-order valence-electron chi connectivity index (χ2n) is 8.35. The molecule has 12 nitrogen and oxygen atoms in total. The van der Waals surface area contributed by atoms with E-state index in [1.807, 2.05) is 0 Å². The second kappa shape index (κ2) is 13.8. The molecule has 0 radical (unpaired) electrons. The fourth-order valence-corrected chi connectivity index (χ4v) is 6.59. The molecule has 0 aliphatic heterocycles. The number of aliphatic hydroxyl groups excluding tert-OH is 1. The van der Waals surface area contributed by atoms with Crippen molar-refractivity contribution in [2.24, 2.45) is 0 Å². The summed E-state index contributed by atoms with van der Waals surface area (Å²) in [6.07, 6.45) is -5.92. The summed E-state index contributed by atoms with van der Waals surface area (Å²) in [6, 6.07) is 7.66. The number of hydrogen-bond donors (Lipinski definition) is 3. The molecular formula is C22H37NO11P2. The van der Waals surface area contributed by atoms with Gasteiger partial charge in [0.05, 0.1) is 25.4 Å². The molecule has 0 bridgehead atoms. The predicted molar refractivity (Wildman–Crippen MR) is 131 cm³/mol. The highest BCUT2D eigenvalue weighted by Gasteiger charge is 2.54. The van der Waals surface area contributed by atoms with Crippen molar-refractivity contribution in [3.63, 3.8) is 0 Å². The van der Waals surface area contributed by atoms with Crippen molar-refractivity contribution in [3.05, 3.63) is 35.9 Å².